The number of benzene rings is 1. The second-order valence-corrected chi connectivity index (χ2v) is 6.20. The fraction of sp³-hybridized carbons (Fsp3) is 0.562. The second kappa shape index (κ2) is 6.27. The smallest absolute Gasteiger partial charge is 0.303 e. The first kappa shape index (κ1) is 16.5. The molecule has 0 spiro atoms. The summed E-state index contributed by atoms with van der Waals surface area (Å²) in [5, 5.41) is 8.77. The van der Waals surface area contributed by atoms with Crippen LogP contribution in [0.25, 0.3) is 0 Å². The third-order valence-electron chi connectivity index (χ3n) is 3.46. The lowest BCUT2D eigenvalue weighted by Crippen LogP contribution is -2.18. The van der Waals surface area contributed by atoms with Crippen molar-refractivity contribution >= 4 is 5.97 Å². The fourth-order valence-corrected chi connectivity index (χ4v) is 2.29. The standard InChI is InChI=1S/C16H25NO3/c1-10-8-14(20-5)12(16(2,3)4)9-11(10)13(17)6-7-15(18)19/h8-9,13H,6-7,17H2,1-5H3,(H,18,19). The van der Waals surface area contributed by atoms with E-state index in [0.29, 0.717) is 6.42 Å². The van der Waals surface area contributed by atoms with Crippen LogP contribution in [0.5, 0.6) is 5.75 Å². The molecule has 112 valence electrons. The Bertz CT molecular complexity index is 489. The van der Waals surface area contributed by atoms with Crippen LogP contribution in [0.15, 0.2) is 12.1 Å². The van der Waals surface area contributed by atoms with Gasteiger partial charge < -0.3 is 15.6 Å². The quantitative estimate of drug-likeness (QED) is 0.868. The predicted octanol–water partition coefficient (Wildman–Crippen LogP) is 3.17. The molecule has 0 aliphatic rings. The molecule has 0 heterocycles. The van der Waals surface area contributed by atoms with Gasteiger partial charge in [-0.3, -0.25) is 4.79 Å². The molecule has 4 heteroatoms. The van der Waals surface area contributed by atoms with Crippen molar-refractivity contribution in [2.75, 3.05) is 7.11 Å². The highest BCUT2D eigenvalue weighted by Crippen LogP contribution is 2.35. The van der Waals surface area contributed by atoms with Crippen LogP contribution >= 0.6 is 0 Å². The maximum atomic E-state index is 10.7. The van der Waals surface area contributed by atoms with Crippen LogP contribution in [0, 0.1) is 6.92 Å². The summed E-state index contributed by atoms with van der Waals surface area (Å²) >= 11 is 0. The van der Waals surface area contributed by atoms with Gasteiger partial charge in [-0.2, -0.15) is 0 Å². The Hall–Kier alpha value is -1.55. The van der Waals surface area contributed by atoms with Gasteiger partial charge >= 0.3 is 5.97 Å². The topological polar surface area (TPSA) is 72.5 Å². The third-order valence-corrected chi connectivity index (χ3v) is 3.46. The first-order valence-electron chi connectivity index (χ1n) is 6.83. The summed E-state index contributed by atoms with van der Waals surface area (Å²) < 4.78 is 5.45. The van der Waals surface area contributed by atoms with E-state index in [2.05, 4.69) is 26.8 Å². The zero-order valence-electron chi connectivity index (χ0n) is 13.0. The van der Waals surface area contributed by atoms with Crippen LogP contribution in [0.4, 0.5) is 0 Å². The Morgan fingerprint density at radius 3 is 2.45 bits per heavy atom. The van der Waals surface area contributed by atoms with Gasteiger partial charge in [0.2, 0.25) is 0 Å². The van der Waals surface area contributed by atoms with Gasteiger partial charge in [-0.05, 0) is 47.6 Å². The lowest BCUT2D eigenvalue weighted by molar-refractivity contribution is -0.137. The van der Waals surface area contributed by atoms with Gasteiger partial charge in [0.05, 0.1) is 7.11 Å². The van der Waals surface area contributed by atoms with E-state index in [9.17, 15) is 4.79 Å². The molecule has 0 saturated heterocycles. The normalized spacial score (nSPS) is 13.1. The Balaban J connectivity index is 3.17. The average molecular weight is 279 g/mol. The molecule has 0 fully saturated rings. The summed E-state index contributed by atoms with van der Waals surface area (Å²) in [7, 11) is 1.66. The zero-order chi connectivity index (χ0) is 15.5. The Kier molecular flexibility index (Phi) is 5.17. The second-order valence-electron chi connectivity index (χ2n) is 6.20. The van der Waals surface area contributed by atoms with E-state index in [1.54, 1.807) is 7.11 Å². The highest BCUT2D eigenvalue weighted by molar-refractivity contribution is 5.66. The van der Waals surface area contributed by atoms with E-state index < -0.39 is 5.97 Å². The summed E-state index contributed by atoms with van der Waals surface area (Å²) in [4.78, 5) is 10.7. The Morgan fingerprint density at radius 1 is 1.40 bits per heavy atom. The number of aliphatic carboxylic acids is 1. The molecule has 1 atom stereocenters. The molecule has 0 radical (unpaired) electrons. The number of aryl methyl sites for hydroxylation is 1. The number of carboxylic acid groups (broad SMARTS) is 1. The van der Waals surface area contributed by atoms with Crippen molar-refractivity contribution in [2.45, 2.75) is 52.0 Å². The van der Waals surface area contributed by atoms with Crippen molar-refractivity contribution < 1.29 is 14.6 Å². The summed E-state index contributed by atoms with van der Waals surface area (Å²) in [6, 6.07) is 3.77. The first-order valence-corrected chi connectivity index (χ1v) is 6.83. The predicted molar refractivity (Wildman–Crippen MR) is 80.2 cm³/mol. The monoisotopic (exact) mass is 279 g/mol. The van der Waals surface area contributed by atoms with E-state index in [-0.39, 0.29) is 17.9 Å². The number of ether oxygens (including phenoxy) is 1. The molecule has 4 nitrogen and oxygen atoms in total. The van der Waals surface area contributed by atoms with Gasteiger partial charge in [-0.1, -0.05) is 20.8 Å². The van der Waals surface area contributed by atoms with Gasteiger partial charge in [-0.15, -0.1) is 0 Å². The molecule has 1 unspecified atom stereocenters. The number of carbonyl (C=O) groups is 1. The van der Waals surface area contributed by atoms with E-state index in [0.717, 1.165) is 22.4 Å². The number of hydrogen-bond acceptors (Lipinski definition) is 3. The summed E-state index contributed by atoms with van der Waals surface area (Å²) in [5.74, 6) is 0.0341. The minimum Gasteiger partial charge on any atom is -0.496 e. The maximum Gasteiger partial charge on any atom is 0.303 e. The molecule has 0 bridgehead atoms. The van der Waals surface area contributed by atoms with Crippen LogP contribution in [0.1, 0.15) is 56.3 Å². The Labute approximate surface area is 120 Å². The first-order chi connectivity index (χ1) is 9.16. The molecular formula is C16H25NO3. The van der Waals surface area contributed by atoms with Crippen molar-refractivity contribution in [2.24, 2.45) is 5.73 Å². The van der Waals surface area contributed by atoms with Crippen LogP contribution < -0.4 is 10.5 Å². The minimum absolute atomic E-state index is 0.0552. The van der Waals surface area contributed by atoms with E-state index in [4.69, 9.17) is 15.6 Å². The average Bonchev–Trinajstić information content (AvgIpc) is 2.33. The largest absolute Gasteiger partial charge is 0.496 e. The van der Waals surface area contributed by atoms with E-state index in [1.807, 2.05) is 13.0 Å². The summed E-state index contributed by atoms with van der Waals surface area (Å²) in [6.45, 7) is 8.33. The molecular weight excluding hydrogens is 254 g/mol. The maximum absolute atomic E-state index is 10.7. The molecule has 0 aliphatic heterocycles. The van der Waals surface area contributed by atoms with Gasteiger partial charge in [0.25, 0.3) is 0 Å². The molecule has 1 aromatic carbocycles. The number of methoxy groups -OCH3 is 1. The number of rotatable bonds is 5. The third kappa shape index (κ3) is 3.97. The highest BCUT2D eigenvalue weighted by Gasteiger charge is 2.22. The lowest BCUT2D eigenvalue weighted by Gasteiger charge is -2.25. The molecule has 1 aromatic rings. The van der Waals surface area contributed by atoms with Crippen LogP contribution in [-0.2, 0) is 10.2 Å². The van der Waals surface area contributed by atoms with Crippen molar-refractivity contribution in [1.82, 2.24) is 0 Å². The van der Waals surface area contributed by atoms with Gasteiger partial charge in [0, 0.05) is 12.5 Å². The van der Waals surface area contributed by atoms with E-state index >= 15 is 0 Å². The summed E-state index contributed by atoms with van der Waals surface area (Å²) in [5.41, 5.74) is 9.21. The summed E-state index contributed by atoms with van der Waals surface area (Å²) in [6.07, 6.45) is 0.517. The van der Waals surface area contributed by atoms with Crippen LogP contribution in [-0.4, -0.2) is 18.2 Å². The Morgan fingerprint density at radius 2 is 2.00 bits per heavy atom. The van der Waals surface area contributed by atoms with Crippen molar-refractivity contribution in [3.63, 3.8) is 0 Å². The lowest BCUT2D eigenvalue weighted by atomic mass is 9.83. The fourth-order valence-electron chi connectivity index (χ4n) is 2.29. The zero-order valence-corrected chi connectivity index (χ0v) is 13.0. The molecule has 0 saturated carbocycles. The van der Waals surface area contributed by atoms with Crippen molar-refractivity contribution in [3.05, 3.63) is 28.8 Å². The molecule has 0 aliphatic carbocycles. The molecule has 0 amide bonds. The van der Waals surface area contributed by atoms with Crippen LogP contribution in [0.3, 0.4) is 0 Å². The SMILES string of the molecule is COc1cc(C)c(C(N)CCC(=O)O)cc1C(C)(C)C. The molecule has 0 aromatic heterocycles. The minimum atomic E-state index is -0.817. The van der Waals surface area contributed by atoms with Gasteiger partial charge in [0.1, 0.15) is 5.75 Å². The molecule has 3 N–H and O–H groups in total. The number of nitrogens with two attached hydrogens (primary N) is 1. The van der Waals surface area contributed by atoms with Crippen molar-refractivity contribution in [1.29, 1.82) is 0 Å². The van der Waals surface area contributed by atoms with Gasteiger partial charge in [-0.25, -0.2) is 0 Å². The van der Waals surface area contributed by atoms with E-state index in [1.165, 1.54) is 0 Å². The number of carboxylic acids is 1. The highest BCUT2D eigenvalue weighted by atomic mass is 16.5. The van der Waals surface area contributed by atoms with Gasteiger partial charge in [0.15, 0.2) is 0 Å². The molecule has 20 heavy (non-hydrogen) atoms. The van der Waals surface area contributed by atoms with Crippen LogP contribution in [0.2, 0.25) is 0 Å². The van der Waals surface area contributed by atoms with Crippen molar-refractivity contribution in [3.8, 4) is 5.75 Å². The molecule has 1 rings (SSSR count). The number of hydrogen-bond donors (Lipinski definition) is 2.